The van der Waals surface area contributed by atoms with Gasteiger partial charge in [-0.2, -0.15) is 0 Å². The fourth-order valence-corrected chi connectivity index (χ4v) is 1.30. The zero-order valence-electron chi connectivity index (χ0n) is 6.76. The van der Waals surface area contributed by atoms with E-state index in [1.54, 1.807) is 6.07 Å². The smallest absolute Gasteiger partial charge is 0.280 e. The zero-order chi connectivity index (χ0) is 8.55. The molecule has 0 bridgehead atoms. The molecule has 1 aromatic rings. The van der Waals surface area contributed by atoms with E-state index in [-0.39, 0.29) is 18.1 Å². The van der Waals surface area contributed by atoms with Crippen LogP contribution in [0.5, 0.6) is 0 Å². The summed E-state index contributed by atoms with van der Waals surface area (Å²) in [7, 11) is 0. The van der Waals surface area contributed by atoms with Crippen LogP contribution in [0.2, 0.25) is 0 Å². The lowest BCUT2D eigenvalue weighted by atomic mass is 10.2. The van der Waals surface area contributed by atoms with Crippen LogP contribution in [0.3, 0.4) is 0 Å². The van der Waals surface area contributed by atoms with Crippen LogP contribution < -0.4 is 5.32 Å². The van der Waals surface area contributed by atoms with Crippen LogP contribution in [0.25, 0.3) is 0 Å². The van der Waals surface area contributed by atoms with Gasteiger partial charge in [0.1, 0.15) is 5.69 Å². The van der Waals surface area contributed by atoms with Crippen molar-refractivity contribution in [3.05, 3.63) is 29.1 Å². The van der Waals surface area contributed by atoms with Crippen molar-refractivity contribution in [1.82, 2.24) is 10.3 Å². The van der Waals surface area contributed by atoms with E-state index in [9.17, 15) is 8.78 Å². The fourth-order valence-electron chi connectivity index (χ4n) is 1.30. The van der Waals surface area contributed by atoms with Gasteiger partial charge < -0.3 is 5.32 Å². The molecule has 2 rings (SSSR count). The number of pyridine rings is 1. The van der Waals surface area contributed by atoms with Gasteiger partial charge in [0.15, 0.2) is 0 Å². The lowest BCUT2D eigenvalue weighted by Crippen LogP contribution is -2.00. The van der Waals surface area contributed by atoms with Gasteiger partial charge in [-0.3, -0.25) is 4.98 Å². The molecule has 0 unspecified atom stereocenters. The van der Waals surface area contributed by atoms with E-state index in [0.29, 0.717) is 6.54 Å². The van der Waals surface area contributed by atoms with Crippen LogP contribution in [0.4, 0.5) is 8.78 Å². The van der Waals surface area contributed by atoms with E-state index in [2.05, 4.69) is 10.3 Å². The number of hydrogen-bond donors (Lipinski definition) is 1. The first-order valence-electron chi connectivity index (χ1n) is 3.75. The summed E-state index contributed by atoms with van der Waals surface area (Å²) in [4.78, 5) is 3.84. The van der Waals surface area contributed by atoms with Crippen molar-refractivity contribution in [2.24, 2.45) is 0 Å². The van der Waals surface area contributed by atoms with Gasteiger partial charge in [0.05, 0.1) is 5.69 Å². The summed E-state index contributed by atoms with van der Waals surface area (Å²) in [5, 5.41) is 3.05. The molecule has 1 aliphatic heterocycles. The Morgan fingerprint density at radius 1 is 1.31 bits per heavy atom. The molecular formula is C8H9ClF2N2. The van der Waals surface area contributed by atoms with E-state index >= 15 is 0 Å². The minimum atomic E-state index is -2.46. The summed E-state index contributed by atoms with van der Waals surface area (Å²) < 4.78 is 24.3. The number of halogens is 3. The molecule has 0 spiro atoms. The zero-order valence-corrected chi connectivity index (χ0v) is 7.57. The molecule has 72 valence electrons. The van der Waals surface area contributed by atoms with Crippen molar-refractivity contribution in [3.63, 3.8) is 0 Å². The molecule has 2 nitrogen and oxygen atoms in total. The lowest BCUT2D eigenvalue weighted by Gasteiger charge is -2.00. The Morgan fingerprint density at radius 2 is 2.08 bits per heavy atom. The molecule has 2 heterocycles. The van der Waals surface area contributed by atoms with Crippen LogP contribution in [0.15, 0.2) is 12.1 Å². The SMILES string of the molecule is Cl.FC(F)c1ccc2c(n1)CNC2. The quantitative estimate of drug-likeness (QED) is 0.761. The molecule has 0 fully saturated rings. The summed E-state index contributed by atoms with van der Waals surface area (Å²) in [6, 6.07) is 3.10. The number of alkyl halides is 2. The summed E-state index contributed by atoms with van der Waals surface area (Å²) >= 11 is 0. The third-order valence-corrected chi connectivity index (χ3v) is 1.92. The number of hydrogen-bond acceptors (Lipinski definition) is 2. The highest BCUT2D eigenvalue weighted by atomic mass is 35.5. The Kier molecular flexibility index (Phi) is 3.17. The van der Waals surface area contributed by atoms with E-state index in [1.807, 2.05) is 0 Å². The molecule has 0 amide bonds. The second-order valence-corrected chi connectivity index (χ2v) is 2.75. The second-order valence-electron chi connectivity index (χ2n) is 2.75. The molecule has 0 radical (unpaired) electrons. The van der Waals surface area contributed by atoms with Crippen molar-refractivity contribution in [1.29, 1.82) is 0 Å². The number of nitrogens with zero attached hydrogens (tertiary/aromatic N) is 1. The maximum atomic E-state index is 12.2. The second kappa shape index (κ2) is 3.98. The Labute approximate surface area is 80.8 Å². The third kappa shape index (κ3) is 1.95. The van der Waals surface area contributed by atoms with Crippen LogP contribution in [0.1, 0.15) is 23.4 Å². The van der Waals surface area contributed by atoms with Crippen molar-refractivity contribution in [2.45, 2.75) is 19.5 Å². The van der Waals surface area contributed by atoms with Gasteiger partial charge in [0.25, 0.3) is 6.43 Å². The van der Waals surface area contributed by atoms with Crippen LogP contribution >= 0.6 is 12.4 Å². The first-order chi connectivity index (χ1) is 5.77. The lowest BCUT2D eigenvalue weighted by molar-refractivity contribution is 0.146. The molecule has 0 aromatic carbocycles. The highest BCUT2D eigenvalue weighted by molar-refractivity contribution is 5.85. The normalized spacial score (nSPS) is 14.1. The van der Waals surface area contributed by atoms with Crippen LogP contribution in [-0.2, 0) is 13.1 Å². The largest absolute Gasteiger partial charge is 0.307 e. The average Bonchev–Trinajstić information content (AvgIpc) is 2.49. The number of fused-ring (bicyclic) bond motifs is 1. The Morgan fingerprint density at radius 3 is 2.77 bits per heavy atom. The molecule has 0 saturated carbocycles. The minimum Gasteiger partial charge on any atom is -0.307 e. The van der Waals surface area contributed by atoms with Gasteiger partial charge in [-0.15, -0.1) is 12.4 Å². The highest BCUT2D eigenvalue weighted by Crippen LogP contribution is 2.20. The summed E-state index contributed by atoms with van der Waals surface area (Å²) in [5.74, 6) is 0. The standard InChI is InChI=1S/C8H8F2N2.ClH/c9-8(10)6-2-1-5-3-11-4-7(5)12-6;/h1-2,8,11H,3-4H2;1H. The Hall–Kier alpha value is -0.740. The minimum absolute atomic E-state index is 0. The van der Waals surface area contributed by atoms with Crippen molar-refractivity contribution in [3.8, 4) is 0 Å². The van der Waals surface area contributed by atoms with Gasteiger partial charge in [0, 0.05) is 13.1 Å². The molecular weight excluding hydrogens is 198 g/mol. The molecule has 1 N–H and O–H groups in total. The molecule has 13 heavy (non-hydrogen) atoms. The molecule has 1 aromatic heterocycles. The first-order valence-corrected chi connectivity index (χ1v) is 3.75. The van der Waals surface area contributed by atoms with Gasteiger partial charge in [-0.25, -0.2) is 8.78 Å². The topological polar surface area (TPSA) is 24.9 Å². The predicted octanol–water partition coefficient (Wildman–Crippen LogP) is 2.04. The summed E-state index contributed by atoms with van der Waals surface area (Å²) in [6.07, 6.45) is -2.46. The van der Waals surface area contributed by atoms with E-state index < -0.39 is 6.43 Å². The van der Waals surface area contributed by atoms with Gasteiger partial charge in [-0.1, -0.05) is 6.07 Å². The predicted molar refractivity (Wildman–Crippen MR) is 47.0 cm³/mol. The number of aromatic nitrogens is 1. The van der Waals surface area contributed by atoms with Crippen LogP contribution in [0, 0.1) is 0 Å². The molecule has 0 saturated heterocycles. The van der Waals surface area contributed by atoms with E-state index in [1.165, 1.54) is 6.07 Å². The monoisotopic (exact) mass is 206 g/mol. The van der Waals surface area contributed by atoms with Gasteiger partial charge in [-0.05, 0) is 11.6 Å². The maximum Gasteiger partial charge on any atom is 0.280 e. The maximum absolute atomic E-state index is 12.2. The molecule has 5 heteroatoms. The van der Waals surface area contributed by atoms with E-state index in [4.69, 9.17) is 0 Å². The molecule has 1 aliphatic rings. The van der Waals surface area contributed by atoms with Gasteiger partial charge >= 0.3 is 0 Å². The Balaban J connectivity index is 0.000000845. The van der Waals surface area contributed by atoms with E-state index in [0.717, 1.165) is 17.8 Å². The molecule has 0 atom stereocenters. The number of rotatable bonds is 1. The Bertz CT molecular complexity index is 304. The number of nitrogens with one attached hydrogen (secondary N) is 1. The average molecular weight is 207 g/mol. The van der Waals surface area contributed by atoms with Gasteiger partial charge in [0.2, 0.25) is 0 Å². The molecule has 0 aliphatic carbocycles. The summed E-state index contributed by atoms with van der Waals surface area (Å²) in [5.41, 5.74) is 1.66. The first kappa shape index (κ1) is 10.3. The van der Waals surface area contributed by atoms with Crippen molar-refractivity contribution < 1.29 is 8.78 Å². The van der Waals surface area contributed by atoms with Crippen molar-refractivity contribution in [2.75, 3.05) is 0 Å². The van der Waals surface area contributed by atoms with Crippen LogP contribution in [-0.4, -0.2) is 4.98 Å². The highest BCUT2D eigenvalue weighted by Gasteiger charge is 2.15. The fraction of sp³-hybridized carbons (Fsp3) is 0.375. The third-order valence-electron chi connectivity index (χ3n) is 1.92. The summed E-state index contributed by atoms with van der Waals surface area (Å²) in [6.45, 7) is 1.35. The van der Waals surface area contributed by atoms with Crippen molar-refractivity contribution >= 4 is 12.4 Å².